The third kappa shape index (κ3) is 7.81. The summed E-state index contributed by atoms with van der Waals surface area (Å²) < 4.78 is 0. The molecule has 20 heavy (non-hydrogen) atoms. The topological polar surface area (TPSA) is 80.3 Å². The normalized spacial score (nSPS) is 13.4. The standard InChI is InChI=1S/C15H25NO4/c1-5-13(8-6-10(2)17)15(20)16-14(12(4)19)9-7-11(3)18/h13-14H,5-9H2,1-4H3,(H,16,20). The molecule has 0 aromatic rings. The lowest BCUT2D eigenvalue weighted by Gasteiger charge is -2.20. The second-order valence-electron chi connectivity index (χ2n) is 5.26. The molecule has 0 saturated carbocycles. The van der Waals surface area contributed by atoms with Crippen molar-refractivity contribution in [2.45, 2.75) is 65.8 Å². The van der Waals surface area contributed by atoms with Gasteiger partial charge in [-0.25, -0.2) is 0 Å². The van der Waals surface area contributed by atoms with Crippen LogP contribution in [0.3, 0.4) is 0 Å². The fraction of sp³-hybridized carbons (Fsp3) is 0.733. The summed E-state index contributed by atoms with van der Waals surface area (Å²) in [6, 6.07) is -0.613. The van der Waals surface area contributed by atoms with Gasteiger partial charge in [-0.3, -0.25) is 9.59 Å². The molecular weight excluding hydrogens is 258 g/mol. The van der Waals surface area contributed by atoms with E-state index in [1.807, 2.05) is 6.92 Å². The number of Topliss-reactive ketones (excluding diaryl/α,β-unsaturated/α-hetero) is 3. The van der Waals surface area contributed by atoms with E-state index < -0.39 is 6.04 Å². The minimum Gasteiger partial charge on any atom is -0.346 e. The molecule has 1 N–H and O–H groups in total. The van der Waals surface area contributed by atoms with E-state index >= 15 is 0 Å². The first-order valence-electron chi connectivity index (χ1n) is 7.07. The van der Waals surface area contributed by atoms with Crippen molar-refractivity contribution in [1.82, 2.24) is 5.32 Å². The van der Waals surface area contributed by atoms with E-state index in [1.165, 1.54) is 20.8 Å². The first-order valence-corrected chi connectivity index (χ1v) is 7.07. The van der Waals surface area contributed by atoms with Gasteiger partial charge in [-0.05, 0) is 40.0 Å². The summed E-state index contributed by atoms with van der Waals surface area (Å²) in [4.78, 5) is 45.5. The van der Waals surface area contributed by atoms with Crippen LogP contribution in [0.1, 0.15) is 59.8 Å². The van der Waals surface area contributed by atoms with Crippen molar-refractivity contribution in [3.8, 4) is 0 Å². The molecule has 0 saturated heterocycles. The van der Waals surface area contributed by atoms with Crippen LogP contribution in [0.5, 0.6) is 0 Å². The molecule has 0 aromatic carbocycles. The maximum atomic E-state index is 12.1. The minimum absolute atomic E-state index is 0.00544. The van der Waals surface area contributed by atoms with Crippen LogP contribution in [0.15, 0.2) is 0 Å². The number of ketones is 3. The molecule has 0 radical (unpaired) electrons. The largest absolute Gasteiger partial charge is 0.346 e. The molecule has 2 unspecified atom stereocenters. The van der Waals surface area contributed by atoms with Gasteiger partial charge >= 0.3 is 0 Å². The molecule has 0 aliphatic carbocycles. The molecule has 114 valence electrons. The van der Waals surface area contributed by atoms with Crippen molar-refractivity contribution >= 4 is 23.3 Å². The highest BCUT2D eigenvalue weighted by Crippen LogP contribution is 2.13. The number of hydrogen-bond acceptors (Lipinski definition) is 4. The number of hydrogen-bond donors (Lipinski definition) is 1. The van der Waals surface area contributed by atoms with Gasteiger partial charge in [0.25, 0.3) is 0 Å². The van der Waals surface area contributed by atoms with Gasteiger partial charge in [0.2, 0.25) is 5.91 Å². The van der Waals surface area contributed by atoms with Crippen LogP contribution in [0.4, 0.5) is 0 Å². The monoisotopic (exact) mass is 283 g/mol. The lowest BCUT2D eigenvalue weighted by molar-refractivity contribution is -0.130. The van der Waals surface area contributed by atoms with Crippen LogP contribution in [0, 0.1) is 5.92 Å². The Kier molecular flexibility index (Phi) is 8.68. The zero-order valence-electron chi connectivity index (χ0n) is 12.8. The van der Waals surface area contributed by atoms with Gasteiger partial charge < -0.3 is 14.9 Å². The summed E-state index contributed by atoms with van der Waals surface area (Å²) in [5.41, 5.74) is 0. The SMILES string of the molecule is CCC(CCC(C)=O)C(=O)NC(CCC(C)=O)C(C)=O. The highest BCUT2D eigenvalue weighted by atomic mass is 16.2. The number of carbonyl (C=O) groups excluding carboxylic acids is 4. The first-order chi connectivity index (χ1) is 9.27. The molecule has 0 aliphatic rings. The van der Waals surface area contributed by atoms with E-state index in [0.717, 1.165) is 0 Å². The summed E-state index contributed by atoms with van der Waals surface area (Å²) in [5.74, 6) is -0.582. The van der Waals surface area contributed by atoms with Crippen molar-refractivity contribution in [1.29, 1.82) is 0 Å². The van der Waals surface area contributed by atoms with Gasteiger partial charge in [-0.2, -0.15) is 0 Å². The molecule has 0 fully saturated rings. The smallest absolute Gasteiger partial charge is 0.223 e. The molecule has 0 spiro atoms. The van der Waals surface area contributed by atoms with Crippen molar-refractivity contribution < 1.29 is 19.2 Å². The molecule has 5 heteroatoms. The zero-order chi connectivity index (χ0) is 15.7. The molecule has 1 amide bonds. The fourth-order valence-electron chi connectivity index (χ4n) is 1.91. The highest BCUT2D eigenvalue weighted by Gasteiger charge is 2.22. The Labute approximate surface area is 120 Å². The van der Waals surface area contributed by atoms with Crippen LogP contribution in [0.2, 0.25) is 0 Å². The van der Waals surface area contributed by atoms with E-state index in [-0.39, 0.29) is 35.6 Å². The molecule has 0 aromatic heterocycles. The Morgan fingerprint density at radius 3 is 1.80 bits per heavy atom. The molecule has 0 bridgehead atoms. The Bertz CT molecular complexity index is 376. The summed E-state index contributed by atoms with van der Waals surface area (Å²) in [7, 11) is 0. The van der Waals surface area contributed by atoms with E-state index in [1.54, 1.807) is 0 Å². The van der Waals surface area contributed by atoms with Gasteiger partial charge in [-0.1, -0.05) is 6.92 Å². The van der Waals surface area contributed by atoms with Crippen molar-refractivity contribution in [2.24, 2.45) is 5.92 Å². The third-order valence-corrected chi connectivity index (χ3v) is 3.30. The second kappa shape index (κ2) is 9.39. The summed E-state index contributed by atoms with van der Waals surface area (Å²) >= 11 is 0. The van der Waals surface area contributed by atoms with Gasteiger partial charge in [0.05, 0.1) is 6.04 Å². The zero-order valence-corrected chi connectivity index (χ0v) is 12.8. The molecule has 0 aliphatic heterocycles. The highest BCUT2D eigenvalue weighted by molar-refractivity contribution is 5.89. The summed E-state index contributed by atoms with van der Waals surface area (Å²) in [6.07, 6.45) is 2.09. The molecule has 0 heterocycles. The Morgan fingerprint density at radius 2 is 1.40 bits per heavy atom. The van der Waals surface area contributed by atoms with Crippen molar-refractivity contribution in [3.05, 3.63) is 0 Å². The molecule has 2 atom stereocenters. The maximum absolute atomic E-state index is 12.1. The van der Waals surface area contributed by atoms with E-state index in [4.69, 9.17) is 0 Å². The number of nitrogens with one attached hydrogen (secondary N) is 1. The molecule has 0 rings (SSSR count). The number of amides is 1. The average molecular weight is 283 g/mol. The molecule has 5 nitrogen and oxygen atoms in total. The van der Waals surface area contributed by atoms with Gasteiger partial charge in [0.15, 0.2) is 5.78 Å². The number of rotatable bonds is 10. The van der Waals surface area contributed by atoms with Gasteiger partial charge in [0.1, 0.15) is 11.6 Å². The van der Waals surface area contributed by atoms with Crippen molar-refractivity contribution in [3.63, 3.8) is 0 Å². The van der Waals surface area contributed by atoms with Crippen LogP contribution < -0.4 is 5.32 Å². The predicted octanol–water partition coefficient (Wildman–Crippen LogP) is 1.82. The van der Waals surface area contributed by atoms with E-state index in [0.29, 0.717) is 25.7 Å². The Hall–Kier alpha value is -1.52. The third-order valence-electron chi connectivity index (χ3n) is 3.30. The van der Waals surface area contributed by atoms with Crippen LogP contribution in [0.25, 0.3) is 0 Å². The second-order valence-corrected chi connectivity index (χ2v) is 5.26. The van der Waals surface area contributed by atoms with Crippen molar-refractivity contribution in [2.75, 3.05) is 0 Å². The predicted molar refractivity (Wildman–Crippen MR) is 76.2 cm³/mol. The van der Waals surface area contributed by atoms with Crippen LogP contribution in [-0.4, -0.2) is 29.3 Å². The summed E-state index contributed by atoms with van der Waals surface area (Å²) in [5, 5.41) is 2.69. The van der Waals surface area contributed by atoms with E-state index in [9.17, 15) is 19.2 Å². The quantitative estimate of drug-likeness (QED) is 0.663. The maximum Gasteiger partial charge on any atom is 0.223 e. The summed E-state index contributed by atoms with van der Waals surface area (Å²) in [6.45, 7) is 6.24. The first kappa shape index (κ1) is 18.5. The van der Waals surface area contributed by atoms with Crippen LogP contribution in [-0.2, 0) is 19.2 Å². The molecular formula is C15H25NO4. The van der Waals surface area contributed by atoms with Gasteiger partial charge in [0, 0.05) is 18.8 Å². The average Bonchev–Trinajstić information content (AvgIpc) is 2.34. The van der Waals surface area contributed by atoms with Gasteiger partial charge in [-0.15, -0.1) is 0 Å². The Balaban J connectivity index is 4.51. The fourth-order valence-corrected chi connectivity index (χ4v) is 1.91. The van der Waals surface area contributed by atoms with Crippen LogP contribution >= 0.6 is 0 Å². The van der Waals surface area contributed by atoms with E-state index in [2.05, 4.69) is 5.32 Å². The lowest BCUT2D eigenvalue weighted by atomic mass is 9.97. The Morgan fingerprint density at radius 1 is 0.900 bits per heavy atom. The lowest BCUT2D eigenvalue weighted by Crippen LogP contribution is -2.43. The minimum atomic E-state index is -0.613. The number of carbonyl (C=O) groups is 4.